The number of likely N-dealkylation sites (tertiary alicyclic amines) is 1. The zero-order valence-corrected chi connectivity index (χ0v) is 16.7. The lowest BCUT2D eigenvalue weighted by molar-refractivity contribution is 0.328. The molecule has 1 aliphatic rings. The summed E-state index contributed by atoms with van der Waals surface area (Å²) in [6.45, 7) is 5.10. The summed E-state index contributed by atoms with van der Waals surface area (Å²) in [7, 11) is 1.79. The fraction of sp³-hybridized carbons (Fsp3) is 0.435. The van der Waals surface area contributed by atoms with Crippen LogP contribution in [0.15, 0.2) is 59.6 Å². The van der Waals surface area contributed by atoms with E-state index in [-0.39, 0.29) is 5.82 Å². The Morgan fingerprint density at radius 2 is 1.89 bits per heavy atom. The molecule has 1 saturated heterocycles. The van der Waals surface area contributed by atoms with Crippen molar-refractivity contribution in [3.8, 4) is 0 Å². The third-order valence-electron chi connectivity index (χ3n) is 5.31. The summed E-state index contributed by atoms with van der Waals surface area (Å²) < 4.78 is 13.2. The van der Waals surface area contributed by atoms with Gasteiger partial charge < -0.3 is 15.5 Å². The molecule has 0 aliphatic carbocycles. The van der Waals surface area contributed by atoms with Gasteiger partial charge in [0.25, 0.3) is 0 Å². The van der Waals surface area contributed by atoms with Crippen molar-refractivity contribution in [2.45, 2.75) is 19.3 Å². The molecule has 1 aliphatic heterocycles. The maximum absolute atomic E-state index is 13.2. The van der Waals surface area contributed by atoms with E-state index in [0.717, 1.165) is 50.5 Å². The zero-order chi connectivity index (χ0) is 19.6. The Morgan fingerprint density at radius 3 is 2.68 bits per heavy atom. The van der Waals surface area contributed by atoms with Crippen LogP contribution >= 0.6 is 0 Å². The molecule has 4 nitrogen and oxygen atoms in total. The number of hydrogen-bond acceptors (Lipinski definition) is 2. The van der Waals surface area contributed by atoms with Crippen molar-refractivity contribution in [3.05, 3.63) is 71.5 Å². The number of nitrogens with zero attached hydrogens (tertiary/aromatic N) is 2. The second-order valence-electron chi connectivity index (χ2n) is 7.45. The number of halogens is 1. The second-order valence-corrected chi connectivity index (χ2v) is 7.45. The molecule has 0 bridgehead atoms. The summed E-state index contributed by atoms with van der Waals surface area (Å²) in [6, 6.07) is 17.5. The number of benzene rings is 2. The van der Waals surface area contributed by atoms with Crippen LogP contribution in [-0.2, 0) is 12.8 Å². The average Bonchev–Trinajstić information content (AvgIpc) is 3.18. The topological polar surface area (TPSA) is 39.7 Å². The van der Waals surface area contributed by atoms with E-state index in [1.165, 1.54) is 24.6 Å². The molecule has 1 atom stereocenters. The minimum Gasteiger partial charge on any atom is -0.356 e. The Labute approximate surface area is 167 Å². The monoisotopic (exact) mass is 382 g/mol. The van der Waals surface area contributed by atoms with Gasteiger partial charge in [0, 0.05) is 33.2 Å². The Balaban J connectivity index is 1.32. The standard InChI is InChI=1S/C23H31FN4/c1-25-23(26-13-10-20-8-5-9-22(24)16-20)27-17-21-12-15-28(18-21)14-11-19-6-3-2-4-7-19/h2-9,16,21H,10-15,17-18H2,1H3,(H2,25,26,27). The van der Waals surface area contributed by atoms with Crippen molar-refractivity contribution in [1.29, 1.82) is 0 Å². The predicted octanol–water partition coefficient (Wildman–Crippen LogP) is 3.10. The predicted molar refractivity (Wildman–Crippen MR) is 114 cm³/mol. The van der Waals surface area contributed by atoms with Crippen LogP contribution in [0, 0.1) is 11.7 Å². The zero-order valence-electron chi connectivity index (χ0n) is 16.7. The first-order chi connectivity index (χ1) is 13.7. The van der Waals surface area contributed by atoms with Gasteiger partial charge in [-0.25, -0.2) is 4.39 Å². The van der Waals surface area contributed by atoms with Gasteiger partial charge in [0.15, 0.2) is 5.96 Å². The van der Waals surface area contributed by atoms with Crippen LogP contribution in [0.2, 0.25) is 0 Å². The van der Waals surface area contributed by atoms with Crippen LogP contribution in [0.4, 0.5) is 4.39 Å². The van der Waals surface area contributed by atoms with Gasteiger partial charge in [-0.05, 0) is 55.0 Å². The smallest absolute Gasteiger partial charge is 0.190 e. The fourth-order valence-corrected chi connectivity index (χ4v) is 3.69. The highest BCUT2D eigenvalue weighted by Crippen LogP contribution is 2.16. The minimum absolute atomic E-state index is 0.182. The lowest BCUT2D eigenvalue weighted by Gasteiger charge is -2.17. The normalized spacial score (nSPS) is 17.6. The molecule has 1 heterocycles. The highest BCUT2D eigenvalue weighted by Gasteiger charge is 2.22. The Bertz CT molecular complexity index is 747. The Morgan fingerprint density at radius 1 is 1.07 bits per heavy atom. The van der Waals surface area contributed by atoms with Crippen molar-refractivity contribution in [2.75, 3.05) is 39.8 Å². The first-order valence-electron chi connectivity index (χ1n) is 10.2. The van der Waals surface area contributed by atoms with Gasteiger partial charge in [-0.2, -0.15) is 0 Å². The molecule has 1 unspecified atom stereocenters. The quantitative estimate of drug-likeness (QED) is 0.544. The van der Waals surface area contributed by atoms with Crippen molar-refractivity contribution in [2.24, 2.45) is 10.9 Å². The first kappa shape index (κ1) is 20.3. The van der Waals surface area contributed by atoms with E-state index in [4.69, 9.17) is 0 Å². The molecule has 2 N–H and O–H groups in total. The molecule has 28 heavy (non-hydrogen) atoms. The SMILES string of the molecule is CN=C(NCCc1cccc(F)c1)NCC1CCN(CCc2ccccc2)C1. The molecule has 2 aromatic carbocycles. The molecule has 0 aromatic heterocycles. The van der Waals surface area contributed by atoms with Crippen molar-refractivity contribution in [1.82, 2.24) is 15.5 Å². The summed E-state index contributed by atoms with van der Waals surface area (Å²) in [5.74, 6) is 1.29. The molecule has 3 rings (SSSR count). The molecule has 0 saturated carbocycles. The summed E-state index contributed by atoms with van der Waals surface area (Å²) >= 11 is 0. The van der Waals surface area contributed by atoms with E-state index >= 15 is 0 Å². The maximum atomic E-state index is 13.2. The molecule has 5 heteroatoms. The molecular formula is C23H31FN4. The number of nitrogens with one attached hydrogen (secondary N) is 2. The van der Waals surface area contributed by atoms with Crippen molar-refractivity contribution >= 4 is 5.96 Å². The third-order valence-corrected chi connectivity index (χ3v) is 5.31. The van der Waals surface area contributed by atoms with Gasteiger partial charge in [0.2, 0.25) is 0 Å². The van der Waals surface area contributed by atoms with E-state index in [2.05, 4.69) is 50.9 Å². The highest BCUT2D eigenvalue weighted by atomic mass is 19.1. The molecular weight excluding hydrogens is 351 g/mol. The van der Waals surface area contributed by atoms with E-state index in [0.29, 0.717) is 5.92 Å². The minimum atomic E-state index is -0.182. The third kappa shape index (κ3) is 6.64. The molecule has 1 fully saturated rings. The van der Waals surface area contributed by atoms with Crippen LogP contribution in [-0.4, -0.2) is 50.6 Å². The number of hydrogen-bond donors (Lipinski definition) is 2. The fourth-order valence-electron chi connectivity index (χ4n) is 3.69. The van der Waals surface area contributed by atoms with Crippen molar-refractivity contribution in [3.63, 3.8) is 0 Å². The maximum Gasteiger partial charge on any atom is 0.190 e. The van der Waals surface area contributed by atoms with Crippen LogP contribution in [0.3, 0.4) is 0 Å². The molecule has 0 spiro atoms. The number of aliphatic imine (C=N–C) groups is 1. The largest absolute Gasteiger partial charge is 0.356 e. The number of guanidine groups is 1. The Kier molecular flexibility index (Phi) is 7.85. The van der Waals surface area contributed by atoms with Gasteiger partial charge >= 0.3 is 0 Å². The average molecular weight is 383 g/mol. The van der Waals surface area contributed by atoms with Gasteiger partial charge in [0.05, 0.1) is 0 Å². The van der Waals surface area contributed by atoms with Crippen LogP contribution in [0.1, 0.15) is 17.5 Å². The number of rotatable bonds is 8. The first-order valence-corrected chi connectivity index (χ1v) is 10.2. The molecule has 150 valence electrons. The van der Waals surface area contributed by atoms with Crippen molar-refractivity contribution < 1.29 is 4.39 Å². The van der Waals surface area contributed by atoms with Crippen LogP contribution in [0.25, 0.3) is 0 Å². The van der Waals surface area contributed by atoms with E-state index < -0.39 is 0 Å². The van der Waals surface area contributed by atoms with E-state index in [1.54, 1.807) is 19.2 Å². The lowest BCUT2D eigenvalue weighted by Crippen LogP contribution is -2.41. The van der Waals surface area contributed by atoms with Gasteiger partial charge in [-0.15, -0.1) is 0 Å². The summed E-state index contributed by atoms with van der Waals surface area (Å²) in [6.07, 6.45) is 3.11. The van der Waals surface area contributed by atoms with Crippen LogP contribution < -0.4 is 10.6 Å². The van der Waals surface area contributed by atoms with Gasteiger partial charge in [-0.1, -0.05) is 42.5 Å². The summed E-state index contributed by atoms with van der Waals surface area (Å²) in [4.78, 5) is 6.85. The Hall–Kier alpha value is -2.40. The van der Waals surface area contributed by atoms with Gasteiger partial charge in [0.1, 0.15) is 5.82 Å². The molecule has 0 amide bonds. The van der Waals surface area contributed by atoms with Gasteiger partial charge in [-0.3, -0.25) is 4.99 Å². The molecule has 0 radical (unpaired) electrons. The van der Waals surface area contributed by atoms with E-state index in [9.17, 15) is 4.39 Å². The highest BCUT2D eigenvalue weighted by molar-refractivity contribution is 5.79. The lowest BCUT2D eigenvalue weighted by atomic mass is 10.1. The summed E-state index contributed by atoms with van der Waals surface area (Å²) in [5, 5.41) is 6.76. The second kappa shape index (κ2) is 10.8. The van der Waals surface area contributed by atoms with Crippen LogP contribution in [0.5, 0.6) is 0 Å². The molecule has 2 aromatic rings. The summed E-state index contributed by atoms with van der Waals surface area (Å²) in [5.41, 5.74) is 2.40. The van der Waals surface area contributed by atoms with E-state index in [1.807, 2.05) is 6.07 Å².